The maximum atomic E-state index is 12.1. The molecule has 0 spiro atoms. The van der Waals surface area contributed by atoms with Gasteiger partial charge in [-0.3, -0.25) is 9.78 Å². The van der Waals surface area contributed by atoms with Gasteiger partial charge in [0, 0.05) is 20.7 Å². The van der Waals surface area contributed by atoms with Gasteiger partial charge in [-0.15, -0.1) is 0 Å². The number of carbonyl (C=O) groups is 1. The summed E-state index contributed by atoms with van der Waals surface area (Å²) in [6.07, 6.45) is 5.80. The molecule has 1 atom stereocenters. The third kappa shape index (κ3) is 3.20. The smallest absolute Gasteiger partial charge is 0.225 e. The SMILES string of the molecule is CNc1cncc([C@H]2CCCN2C(=O)CCOC)n1. The minimum absolute atomic E-state index is 0.0464. The summed E-state index contributed by atoms with van der Waals surface area (Å²) in [5.41, 5.74) is 0.857. The maximum Gasteiger partial charge on any atom is 0.225 e. The molecule has 1 aromatic rings. The number of methoxy groups -OCH3 is 1. The van der Waals surface area contributed by atoms with Crippen LogP contribution >= 0.6 is 0 Å². The number of rotatable bonds is 5. The van der Waals surface area contributed by atoms with E-state index in [1.807, 2.05) is 11.9 Å². The van der Waals surface area contributed by atoms with Crippen LogP contribution in [0.3, 0.4) is 0 Å². The van der Waals surface area contributed by atoms with Gasteiger partial charge in [0.15, 0.2) is 0 Å². The summed E-state index contributed by atoms with van der Waals surface area (Å²) >= 11 is 0. The van der Waals surface area contributed by atoms with Gasteiger partial charge in [0.2, 0.25) is 5.91 Å². The quantitative estimate of drug-likeness (QED) is 0.866. The summed E-state index contributed by atoms with van der Waals surface area (Å²) in [6, 6.07) is 0.0464. The van der Waals surface area contributed by atoms with Crippen LogP contribution in [0.25, 0.3) is 0 Å². The number of anilines is 1. The van der Waals surface area contributed by atoms with E-state index < -0.39 is 0 Å². The van der Waals surface area contributed by atoms with Crippen molar-refractivity contribution >= 4 is 11.7 Å². The molecular weight excluding hydrogens is 244 g/mol. The highest BCUT2D eigenvalue weighted by molar-refractivity contribution is 5.77. The first-order valence-corrected chi connectivity index (χ1v) is 6.54. The van der Waals surface area contributed by atoms with Gasteiger partial charge in [0.05, 0.1) is 37.2 Å². The molecule has 0 saturated carbocycles. The van der Waals surface area contributed by atoms with Crippen molar-refractivity contribution in [3.05, 3.63) is 18.1 Å². The van der Waals surface area contributed by atoms with Crippen molar-refractivity contribution in [1.29, 1.82) is 0 Å². The van der Waals surface area contributed by atoms with Gasteiger partial charge in [-0.1, -0.05) is 0 Å². The van der Waals surface area contributed by atoms with Crippen LogP contribution in [0.15, 0.2) is 12.4 Å². The normalized spacial score (nSPS) is 18.6. The highest BCUT2D eigenvalue weighted by Crippen LogP contribution is 2.31. The number of amides is 1. The molecule has 1 fully saturated rings. The molecule has 0 aliphatic carbocycles. The zero-order chi connectivity index (χ0) is 13.7. The number of aromatic nitrogens is 2. The fourth-order valence-corrected chi connectivity index (χ4v) is 2.37. The molecule has 1 aliphatic heterocycles. The van der Waals surface area contributed by atoms with Gasteiger partial charge in [0.1, 0.15) is 5.82 Å². The van der Waals surface area contributed by atoms with Crippen molar-refractivity contribution in [2.45, 2.75) is 25.3 Å². The van der Waals surface area contributed by atoms with Crippen LogP contribution in [0.5, 0.6) is 0 Å². The number of likely N-dealkylation sites (tertiary alicyclic amines) is 1. The van der Waals surface area contributed by atoms with Crippen LogP contribution in [0, 0.1) is 0 Å². The lowest BCUT2D eigenvalue weighted by Gasteiger charge is -2.24. The summed E-state index contributed by atoms with van der Waals surface area (Å²) in [6.45, 7) is 1.25. The van der Waals surface area contributed by atoms with Crippen LogP contribution in [0.2, 0.25) is 0 Å². The van der Waals surface area contributed by atoms with Crippen molar-refractivity contribution in [3.8, 4) is 0 Å². The third-order valence-corrected chi connectivity index (χ3v) is 3.34. The van der Waals surface area contributed by atoms with Gasteiger partial charge in [-0.2, -0.15) is 0 Å². The van der Waals surface area contributed by atoms with Gasteiger partial charge >= 0.3 is 0 Å². The molecular formula is C13H20N4O2. The molecule has 1 aromatic heterocycles. The summed E-state index contributed by atoms with van der Waals surface area (Å²) in [4.78, 5) is 22.7. The number of hydrogen-bond donors (Lipinski definition) is 1. The molecule has 6 heteroatoms. The van der Waals surface area contributed by atoms with E-state index in [-0.39, 0.29) is 11.9 Å². The van der Waals surface area contributed by atoms with E-state index in [4.69, 9.17) is 4.74 Å². The largest absolute Gasteiger partial charge is 0.384 e. The average molecular weight is 264 g/mol. The Bertz CT molecular complexity index is 438. The maximum absolute atomic E-state index is 12.1. The minimum Gasteiger partial charge on any atom is -0.384 e. The Labute approximate surface area is 113 Å². The molecule has 19 heavy (non-hydrogen) atoms. The second kappa shape index (κ2) is 6.47. The molecule has 1 N–H and O–H groups in total. The molecule has 2 rings (SSSR count). The topological polar surface area (TPSA) is 67.4 Å². The van der Waals surface area contributed by atoms with Gasteiger partial charge < -0.3 is 15.0 Å². The molecule has 6 nitrogen and oxygen atoms in total. The lowest BCUT2D eigenvalue weighted by molar-refractivity contribution is -0.133. The molecule has 1 saturated heterocycles. The second-order valence-electron chi connectivity index (χ2n) is 4.57. The van der Waals surface area contributed by atoms with Gasteiger partial charge in [-0.25, -0.2) is 4.98 Å². The lowest BCUT2D eigenvalue weighted by Crippen LogP contribution is -2.31. The molecule has 1 aliphatic rings. The Balaban J connectivity index is 2.11. The highest BCUT2D eigenvalue weighted by Gasteiger charge is 2.30. The van der Waals surface area contributed by atoms with E-state index in [2.05, 4.69) is 15.3 Å². The average Bonchev–Trinajstić information content (AvgIpc) is 2.94. The zero-order valence-electron chi connectivity index (χ0n) is 11.4. The van der Waals surface area contributed by atoms with E-state index in [0.29, 0.717) is 13.0 Å². The third-order valence-electron chi connectivity index (χ3n) is 3.34. The Morgan fingerprint density at radius 2 is 2.42 bits per heavy atom. The number of nitrogens with one attached hydrogen (secondary N) is 1. The van der Waals surface area contributed by atoms with E-state index in [1.165, 1.54) is 0 Å². The van der Waals surface area contributed by atoms with E-state index in [0.717, 1.165) is 30.9 Å². The number of ether oxygens (including phenoxy) is 1. The van der Waals surface area contributed by atoms with Crippen LogP contribution in [0.1, 0.15) is 31.0 Å². The molecule has 1 amide bonds. The van der Waals surface area contributed by atoms with Crippen molar-refractivity contribution < 1.29 is 9.53 Å². The lowest BCUT2D eigenvalue weighted by atomic mass is 10.1. The van der Waals surface area contributed by atoms with E-state index in [9.17, 15) is 4.79 Å². The first-order valence-electron chi connectivity index (χ1n) is 6.54. The fourth-order valence-electron chi connectivity index (χ4n) is 2.37. The number of carbonyl (C=O) groups excluding carboxylic acids is 1. The van der Waals surface area contributed by atoms with Crippen molar-refractivity contribution in [2.75, 3.05) is 32.6 Å². The van der Waals surface area contributed by atoms with Crippen molar-refractivity contribution in [2.24, 2.45) is 0 Å². The van der Waals surface area contributed by atoms with Gasteiger partial charge in [0.25, 0.3) is 0 Å². The fraction of sp³-hybridized carbons (Fsp3) is 0.615. The Hall–Kier alpha value is -1.69. The first kappa shape index (κ1) is 13.7. The Morgan fingerprint density at radius 1 is 1.58 bits per heavy atom. The monoisotopic (exact) mass is 264 g/mol. The number of nitrogens with zero attached hydrogens (tertiary/aromatic N) is 3. The summed E-state index contributed by atoms with van der Waals surface area (Å²) in [5, 5.41) is 2.97. The number of hydrogen-bond acceptors (Lipinski definition) is 5. The molecule has 0 aromatic carbocycles. The van der Waals surface area contributed by atoms with Crippen molar-refractivity contribution in [1.82, 2.24) is 14.9 Å². The summed E-state index contributed by atoms with van der Waals surface area (Å²) in [7, 11) is 3.42. The van der Waals surface area contributed by atoms with Crippen molar-refractivity contribution in [3.63, 3.8) is 0 Å². The Morgan fingerprint density at radius 3 is 3.16 bits per heavy atom. The second-order valence-corrected chi connectivity index (χ2v) is 4.57. The molecule has 2 heterocycles. The van der Waals surface area contributed by atoms with E-state index in [1.54, 1.807) is 19.5 Å². The zero-order valence-corrected chi connectivity index (χ0v) is 11.4. The predicted octanol–water partition coefficient (Wildman–Crippen LogP) is 1.22. The van der Waals surface area contributed by atoms with E-state index >= 15 is 0 Å². The minimum atomic E-state index is 0.0464. The first-order chi connectivity index (χ1) is 9.26. The van der Waals surface area contributed by atoms with Crippen LogP contribution < -0.4 is 5.32 Å². The summed E-state index contributed by atoms with van der Waals surface area (Å²) in [5.74, 6) is 0.856. The standard InChI is InChI=1S/C13H20N4O2/c1-14-12-9-15-8-10(16-12)11-4-3-6-17(11)13(18)5-7-19-2/h8-9,11H,3-7H2,1-2H3,(H,14,16)/t11-/m1/s1. The van der Waals surface area contributed by atoms with Gasteiger partial charge in [-0.05, 0) is 12.8 Å². The van der Waals surface area contributed by atoms with Crippen LogP contribution in [-0.4, -0.2) is 48.1 Å². The Kier molecular flexibility index (Phi) is 4.68. The molecule has 0 radical (unpaired) electrons. The molecule has 104 valence electrons. The van der Waals surface area contributed by atoms with Crippen LogP contribution in [0.4, 0.5) is 5.82 Å². The predicted molar refractivity (Wildman–Crippen MR) is 71.8 cm³/mol. The molecule has 0 unspecified atom stereocenters. The summed E-state index contributed by atoms with van der Waals surface area (Å²) < 4.78 is 4.96. The van der Waals surface area contributed by atoms with Crippen LogP contribution in [-0.2, 0) is 9.53 Å². The highest BCUT2D eigenvalue weighted by atomic mass is 16.5. The molecule has 0 bridgehead atoms.